The first-order chi connectivity index (χ1) is 13.5. The van der Waals surface area contributed by atoms with Crippen LogP contribution in [-0.2, 0) is 16.6 Å². The fourth-order valence-electron chi connectivity index (χ4n) is 3.57. The first-order valence-corrected chi connectivity index (χ1v) is 11.3. The van der Waals surface area contributed by atoms with E-state index in [1.165, 1.54) is 3.97 Å². The average Bonchev–Trinajstić information content (AvgIpc) is 3.07. The van der Waals surface area contributed by atoms with Gasteiger partial charge in [-0.3, -0.25) is 4.90 Å². The number of rotatable bonds is 5. The van der Waals surface area contributed by atoms with E-state index in [0.29, 0.717) is 22.3 Å². The van der Waals surface area contributed by atoms with Crippen molar-refractivity contribution in [2.45, 2.75) is 11.4 Å². The zero-order valence-corrected chi connectivity index (χ0v) is 18.0. The van der Waals surface area contributed by atoms with E-state index in [-0.39, 0.29) is 4.90 Å². The summed E-state index contributed by atoms with van der Waals surface area (Å²) in [6.45, 7) is 4.46. The van der Waals surface area contributed by atoms with Crippen LogP contribution in [0.4, 0.5) is 0 Å². The molecule has 0 unspecified atom stereocenters. The lowest BCUT2D eigenvalue weighted by Crippen LogP contribution is -2.42. The normalized spacial score (nSPS) is 15.8. The van der Waals surface area contributed by atoms with Crippen LogP contribution in [0.1, 0.15) is 5.56 Å². The van der Waals surface area contributed by atoms with Gasteiger partial charge in [0.1, 0.15) is 10.6 Å². The third kappa shape index (κ3) is 3.57. The molecule has 1 aliphatic heterocycles. The van der Waals surface area contributed by atoms with E-state index in [9.17, 15) is 8.42 Å². The highest BCUT2D eigenvalue weighted by Gasteiger charge is 2.24. The summed E-state index contributed by atoms with van der Waals surface area (Å²) in [6.07, 6.45) is 1.75. The number of ether oxygens (including phenoxy) is 1. The molecule has 0 radical (unpaired) electrons. The Morgan fingerprint density at radius 2 is 1.89 bits per heavy atom. The molecule has 2 heterocycles. The van der Waals surface area contributed by atoms with Gasteiger partial charge in [0.15, 0.2) is 0 Å². The summed E-state index contributed by atoms with van der Waals surface area (Å²) in [5.41, 5.74) is 1.63. The molecule has 4 rings (SSSR count). The molecule has 3 aromatic rings. The molecule has 0 atom stereocenters. The van der Waals surface area contributed by atoms with Crippen LogP contribution in [0.25, 0.3) is 10.9 Å². The number of aromatic nitrogens is 1. The predicted octanol–water partition coefficient (Wildman–Crippen LogP) is 3.05. The van der Waals surface area contributed by atoms with Crippen LogP contribution in [-0.4, -0.2) is 50.6 Å². The van der Waals surface area contributed by atoms with E-state index >= 15 is 0 Å². The summed E-state index contributed by atoms with van der Waals surface area (Å²) in [7, 11) is -2.12. The number of halogens is 1. The number of methoxy groups -OCH3 is 1. The number of nitrogens with one attached hydrogen (secondary N) is 1. The Labute approximate surface area is 173 Å². The van der Waals surface area contributed by atoms with Gasteiger partial charge >= 0.3 is 0 Å². The van der Waals surface area contributed by atoms with Crippen molar-refractivity contribution >= 4 is 36.9 Å². The molecule has 1 fully saturated rings. The summed E-state index contributed by atoms with van der Waals surface area (Å²) in [4.78, 5) is 2.58. The minimum Gasteiger partial charge on any atom is -0.497 e. The van der Waals surface area contributed by atoms with Gasteiger partial charge in [-0.1, -0.05) is 12.1 Å². The number of hydrogen-bond acceptors (Lipinski definition) is 5. The van der Waals surface area contributed by atoms with E-state index < -0.39 is 10.0 Å². The minimum absolute atomic E-state index is 0.247. The van der Waals surface area contributed by atoms with E-state index in [4.69, 9.17) is 4.74 Å². The van der Waals surface area contributed by atoms with Crippen LogP contribution >= 0.6 is 15.9 Å². The highest BCUT2D eigenvalue weighted by atomic mass is 79.9. The second-order valence-electron chi connectivity index (χ2n) is 6.79. The Morgan fingerprint density at radius 3 is 2.61 bits per heavy atom. The fraction of sp³-hybridized carbons (Fsp3) is 0.300. The Morgan fingerprint density at radius 1 is 1.14 bits per heavy atom. The Balaban J connectivity index is 1.85. The van der Waals surface area contributed by atoms with Crippen molar-refractivity contribution in [3.8, 4) is 5.75 Å². The molecule has 1 aromatic heterocycles. The quantitative estimate of drug-likeness (QED) is 0.629. The van der Waals surface area contributed by atoms with Crippen LogP contribution in [0.3, 0.4) is 0 Å². The molecule has 0 saturated carbocycles. The molecule has 8 heteroatoms. The van der Waals surface area contributed by atoms with Gasteiger partial charge in [0.05, 0.1) is 12.6 Å². The van der Waals surface area contributed by atoms with Crippen molar-refractivity contribution < 1.29 is 13.2 Å². The van der Waals surface area contributed by atoms with Gasteiger partial charge in [0, 0.05) is 48.8 Å². The van der Waals surface area contributed by atoms with E-state index in [1.807, 2.05) is 12.1 Å². The monoisotopic (exact) mass is 463 g/mol. The van der Waals surface area contributed by atoms with E-state index in [2.05, 4.69) is 26.1 Å². The number of hydrogen-bond donors (Lipinski definition) is 1. The lowest BCUT2D eigenvalue weighted by molar-refractivity contribution is 0.234. The van der Waals surface area contributed by atoms with Crippen molar-refractivity contribution in [3.63, 3.8) is 0 Å². The topological polar surface area (TPSA) is 63.6 Å². The summed E-state index contributed by atoms with van der Waals surface area (Å²) in [6, 6.07) is 12.4. The Hall–Kier alpha value is -1.87. The van der Waals surface area contributed by atoms with Gasteiger partial charge in [0.25, 0.3) is 10.0 Å². The molecule has 2 aromatic carbocycles. The summed E-state index contributed by atoms with van der Waals surface area (Å²) < 4.78 is 34.1. The zero-order valence-electron chi connectivity index (χ0n) is 15.6. The molecule has 0 amide bonds. The summed E-state index contributed by atoms with van der Waals surface area (Å²) in [5, 5.41) is 4.24. The van der Waals surface area contributed by atoms with Crippen molar-refractivity contribution in [2.24, 2.45) is 0 Å². The molecular formula is C20H22BrN3O3S. The number of nitrogens with zero attached hydrogens (tertiary/aromatic N) is 2. The molecule has 1 N–H and O–H groups in total. The van der Waals surface area contributed by atoms with Crippen LogP contribution in [0.2, 0.25) is 0 Å². The molecule has 0 aliphatic carbocycles. The minimum atomic E-state index is -3.74. The van der Waals surface area contributed by atoms with Crippen LogP contribution in [0.15, 0.2) is 58.0 Å². The lowest BCUT2D eigenvalue weighted by Gasteiger charge is -2.26. The zero-order chi connectivity index (χ0) is 19.7. The molecular weight excluding hydrogens is 442 g/mol. The van der Waals surface area contributed by atoms with Crippen LogP contribution in [0, 0.1) is 0 Å². The van der Waals surface area contributed by atoms with Gasteiger partial charge in [-0.25, -0.2) is 12.4 Å². The van der Waals surface area contributed by atoms with Crippen LogP contribution < -0.4 is 10.1 Å². The smallest absolute Gasteiger partial charge is 0.269 e. The number of piperazine rings is 1. The number of benzene rings is 2. The highest BCUT2D eigenvalue weighted by Crippen LogP contribution is 2.32. The molecule has 1 aliphatic rings. The average molecular weight is 464 g/mol. The van der Waals surface area contributed by atoms with Gasteiger partial charge in [0.2, 0.25) is 0 Å². The van der Waals surface area contributed by atoms with Crippen molar-refractivity contribution in [1.29, 1.82) is 0 Å². The van der Waals surface area contributed by atoms with Gasteiger partial charge in [-0.2, -0.15) is 0 Å². The molecule has 0 bridgehead atoms. The summed E-state index contributed by atoms with van der Waals surface area (Å²) in [5.74, 6) is 0.713. The second-order valence-corrected chi connectivity index (χ2v) is 9.43. The van der Waals surface area contributed by atoms with Crippen molar-refractivity contribution in [1.82, 2.24) is 14.2 Å². The van der Waals surface area contributed by atoms with E-state index in [1.54, 1.807) is 43.6 Å². The molecule has 6 nitrogen and oxygen atoms in total. The fourth-order valence-corrected chi connectivity index (χ4v) is 5.93. The summed E-state index contributed by atoms with van der Waals surface area (Å²) >= 11 is 3.38. The standard InChI is InChI=1S/C20H22BrN3O3S/c1-27-16-6-7-19-17(12-16)15(13-23-10-8-22-9-11-23)14-24(19)28(25,26)20-5-3-2-4-18(20)21/h2-7,12,14,22H,8-11,13H2,1H3. The largest absolute Gasteiger partial charge is 0.497 e. The Bertz CT molecular complexity index is 1110. The first kappa shape index (κ1) is 19.4. The SMILES string of the molecule is COc1ccc2c(c1)c(CN1CCNCC1)cn2S(=O)(=O)c1ccccc1Br. The lowest BCUT2D eigenvalue weighted by atomic mass is 10.1. The first-order valence-electron chi connectivity index (χ1n) is 9.12. The van der Waals surface area contributed by atoms with Gasteiger partial charge in [-0.15, -0.1) is 0 Å². The third-order valence-corrected chi connectivity index (χ3v) is 7.72. The maximum Gasteiger partial charge on any atom is 0.269 e. The molecule has 28 heavy (non-hydrogen) atoms. The maximum absolute atomic E-state index is 13.4. The molecule has 1 saturated heterocycles. The van der Waals surface area contributed by atoms with Crippen molar-refractivity contribution in [3.05, 3.63) is 58.7 Å². The second kappa shape index (κ2) is 7.87. The third-order valence-electron chi connectivity index (χ3n) is 5.04. The van der Waals surface area contributed by atoms with Gasteiger partial charge in [-0.05, 0) is 51.8 Å². The number of fused-ring (bicyclic) bond motifs is 1. The Kier molecular flexibility index (Phi) is 5.46. The highest BCUT2D eigenvalue weighted by molar-refractivity contribution is 9.10. The molecule has 148 valence electrons. The predicted molar refractivity (Wildman–Crippen MR) is 113 cm³/mol. The van der Waals surface area contributed by atoms with E-state index in [0.717, 1.165) is 37.1 Å². The molecule has 0 spiro atoms. The van der Waals surface area contributed by atoms with Crippen LogP contribution in [0.5, 0.6) is 5.75 Å². The maximum atomic E-state index is 13.4. The van der Waals surface area contributed by atoms with Gasteiger partial charge < -0.3 is 10.1 Å². The van der Waals surface area contributed by atoms with Crippen molar-refractivity contribution in [2.75, 3.05) is 33.3 Å².